The molecule has 114 valence electrons. The van der Waals surface area contributed by atoms with Gasteiger partial charge in [-0.05, 0) is 20.3 Å². The number of halogens is 2. The summed E-state index contributed by atoms with van der Waals surface area (Å²) in [5, 5.41) is 10.3. The van der Waals surface area contributed by atoms with Gasteiger partial charge >= 0.3 is 0 Å². The quantitative estimate of drug-likeness (QED) is 0.621. The molecule has 0 aromatic carbocycles. The minimum Gasteiger partial charge on any atom is -0.354 e. The number of hydrogen-bond acceptors (Lipinski definition) is 4. The second kappa shape index (κ2) is 8.94. The third-order valence-corrected chi connectivity index (χ3v) is 2.88. The average molecular weight is 322 g/mol. The van der Waals surface area contributed by atoms with E-state index < -0.39 is 0 Å². The topological polar surface area (TPSA) is 71.8 Å². The Morgan fingerprint density at radius 2 is 2.25 bits per heavy atom. The number of hydrogen-bond donors (Lipinski definition) is 2. The molecule has 2 rings (SSSR count). The summed E-state index contributed by atoms with van der Waals surface area (Å²) >= 11 is 0. The van der Waals surface area contributed by atoms with Gasteiger partial charge in [0.25, 0.3) is 0 Å². The second-order valence-electron chi connectivity index (χ2n) is 4.39. The molecule has 2 heterocycles. The number of carbonyl (C=O) groups excluding carboxylic acids is 1. The van der Waals surface area contributed by atoms with Crippen molar-refractivity contribution in [2.75, 3.05) is 13.1 Å². The SMILES string of the molecule is Cc1nc(C)n(CCCNC(=O)C2C=CCN2)n1.Cl.Cl. The molecule has 0 aliphatic carbocycles. The lowest BCUT2D eigenvalue weighted by atomic mass is 10.3. The van der Waals surface area contributed by atoms with Gasteiger partial charge in [-0.3, -0.25) is 14.8 Å². The van der Waals surface area contributed by atoms with E-state index in [1.165, 1.54) is 0 Å². The second-order valence-corrected chi connectivity index (χ2v) is 4.39. The van der Waals surface area contributed by atoms with Crippen LogP contribution in [0.2, 0.25) is 0 Å². The lowest BCUT2D eigenvalue weighted by molar-refractivity contribution is -0.121. The number of rotatable bonds is 5. The molecule has 1 aliphatic rings. The summed E-state index contributed by atoms with van der Waals surface area (Å²) in [7, 11) is 0. The molecule has 0 saturated carbocycles. The Kier molecular flexibility index (Phi) is 8.45. The molecule has 1 aromatic heterocycles. The minimum atomic E-state index is -0.166. The Balaban J connectivity index is 0.00000180. The summed E-state index contributed by atoms with van der Waals surface area (Å²) in [6.45, 7) is 6.02. The van der Waals surface area contributed by atoms with Crippen LogP contribution >= 0.6 is 24.8 Å². The lowest BCUT2D eigenvalue weighted by Gasteiger charge is -2.10. The molecule has 0 saturated heterocycles. The largest absolute Gasteiger partial charge is 0.354 e. The van der Waals surface area contributed by atoms with Crippen LogP contribution in [0.4, 0.5) is 0 Å². The van der Waals surface area contributed by atoms with Crippen molar-refractivity contribution in [3.63, 3.8) is 0 Å². The summed E-state index contributed by atoms with van der Waals surface area (Å²) in [4.78, 5) is 15.9. The number of nitrogens with one attached hydrogen (secondary N) is 2. The smallest absolute Gasteiger partial charge is 0.241 e. The first kappa shape index (κ1) is 18.9. The van der Waals surface area contributed by atoms with E-state index in [9.17, 15) is 4.79 Å². The first-order valence-electron chi connectivity index (χ1n) is 6.22. The fraction of sp³-hybridized carbons (Fsp3) is 0.583. The molecule has 0 spiro atoms. The van der Waals surface area contributed by atoms with E-state index in [0.717, 1.165) is 31.2 Å². The molecule has 1 atom stereocenters. The van der Waals surface area contributed by atoms with E-state index in [-0.39, 0.29) is 36.8 Å². The van der Waals surface area contributed by atoms with Gasteiger partial charge in [-0.2, -0.15) is 5.10 Å². The summed E-state index contributed by atoms with van der Waals surface area (Å²) in [6, 6.07) is -0.166. The van der Waals surface area contributed by atoms with Crippen LogP contribution in [0.1, 0.15) is 18.1 Å². The van der Waals surface area contributed by atoms with Gasteiger partial charge in [0.2, 0.25) is 5.91 Å². The van der Waals surface area contributed by atoms with E-state index in [1.807, 2.05) is 30.7 Å². The molecule has 1 amide bonds. The summed E-state index contributed by atoms with van der Waals surface area (Å²) in [5.74, 6) is 1.74. The minimum absolute atomic E-state index is 0. The van der Waals surface area contributed by atoms with E-state index in [1.54, 1.807) is 0 Å². The van der Waals surface area contributed by atoms with E-state index in [4.69, 9.17) is 0 Å². The van der Waals surface area contributed by atoms with Gasteiger partial charge in [0.1, 0.15) is 17.7 Å². The lowest BCUT2D eigenvalue weighted by Crippen LogP contribution is -2.40. The van der Waals surface area contributed by atoms with Crippen molar-refractivity contribution in [3.05, 3.63) is 23.8 Å². The number of aryl methyl sites for hydroxylation is 3. The summed E-state index contributed by atoms with van der Waals surface area (Å²) in [5.41, 5.74) is 0. The van der Waals surface area contributed by atoms with Gasteiger partial charge in [0, 0.05) is 19.6 Å². The molecule has 8 heteroatoms. The monoisotopic (exact) mass is 321 g/mol. The highest BCUT2D eigenvalue weighted by molar-refractivity contribution is 5.85. The molecule has 0 fully saturated rings. The summed E-state index contributed by atoms with van der Waals surface area (Å²) < 4.78 is 1.87. The van der Waals surface area contributed by atoms with Crippen LogP contribution in [-0.2, 0) is 11.3 Å². The van der Waals surface area contributed by atoms with Crippen LogP contribution in [-0.4, -0.2) is 39.8 Å². The van der Waals surface area contributed by atoms with Crippen molar-refractivity contribution >= 4 is 30.7 Å². The predicted octanol–water partition coefficient (Wildman–Crippen LogP) is 0.773. The Labute approximate surface area is 131 Å². The standard InChI is InChI=1S/C12H19N5O.2ClH/c1-9-15-10(2)17(16-9)8-4-7-14-12(18)11-5-3-6-13-11;;/h3,5,11,13H,4,6-8H2,1-2H3,(H,14,18);2*1H. The number of amides is 1. The number of carbonyl (C=O) groups is 1. The zero-order chi connectivity index (χ0) is 13.0. The third-order valence-electron chi connectivity index (χ3n) is 2.88. The van der Waals surface area contributed by atoms with Crippen molar-refractivity contribution in [2.45, 2.75) is 32.9 Å². The molecule has 0 radical (unpaired) electrons. The third kappa shape index (κ3) is 5.11. The van der Waals surface area contributed by atoms with Crippen LogP contribution in [0.5, 0.6) is 0 Å². The van der Waals surface area contributed by atoms with Crippen LogP contribution in [0.15, 0.2) is 12.2 Å². The highest BCUT2D eigenvalue weighted by atomic mass is 35.5. The molecule has 1 unspecified atom stereocenters. The maximum Gasteiger partial charge on any atom is 0.241 e. The van der Waals surface area contributed by atoms with Gasteiger partial charge < -0.3 is 5.32 Å². The Bertz CT molecular complexity index is 461. The number of aromatic nitrogens is 3. The highest BCUT2D eigenvalue weighted by Gasteiger charge is 2.16. The Hall–Kier alpha value is -1.11. The molecule has 2 N–H and O–H groups in total. The average Bonchev–Trinajstić information content (AvgIpc) is 2.94. The van der Waals surface area contributed by atoms with Gasteiger partial charge in [-0.25, -0.2) is 4.98 Å². The maximum absolute atomic E-state index is 11.7. The predicted molar refractivity (Wildman–Crippen MR) is 82.5 cm³/mol. The maximum atomic E-state index is 11.7. The van der Waals surface area contributed by atoms with Crippen LogP contribution in [0.25, 0.3) is 0 Å². The van der Waals surface area contributed by atoms with Crippen molar-refractivity contribution < 1.29 is 4.79 Å². The molecule has 1 aliphatic heterocycles. The molecule has 0 bridgehead atoms. The van der Waals surface area contributed by atoms with Crippen molar-refractivity contribution in [2.24, 2.45) is 0 Å². The normalized spacial score (nSPS) is 16.4. The summed E-state index contributed by atoms with van der Waals surface area (Å²) in [6.07, 6.45) is 4.71. The van der Waals surface area contributed by atoms with Crippen molar-refractivity contribution in [3.8, 4) is 0 Å². The molecule has 6 nitrogen and oxygen atoms in total. The van der Waals surface area contributed by atoms with Crippen LogP contribution in [0.3, 0.4) is 0 Å². The van der Waals surface area contributed by atoms with Crippen molar-refractivity contribution in [1.29, 1.82) is 0 Å². The Morgan fingerprint density at radius 1 is 1.50 bits per heavy atom. The van der Waals surface area contributed by atoms with E-state index in [2.05, 4.69) is 20.7 Å². The van der Waals surface area contributed by atoms with Crippen molar-refractivity contribution in [1.82, 2.24) is 25.4 Å². The fourth-order valence-electron chi connectivity index (χ4n) is 1.97. The highest BCUT2D eigenvalue weighted by Crippen LogP contribution is 1.98. The molecule has 20 heavy (non-hydrogen) atoms. The van der Waals surface area contributed by atoms with Gasteiger partial charge in [0.15, 0.2) is 0 Å². The molecular formula is C12H21Cl2N5O. The first-order chi connectivity index (χ1) is 8.66. The van der Waals surface area contributed by atoms with E-state index >= 15 is 0 Å². The Morgan fingerprint density at radius 3 is 2.80 bits per heavy atom. The first-order valence-corrected chi connectivity index (χ1v) is 6.22. The van der Waals surface area contributed by atoms with Gasteiger partial charge in [0.05, 0.1) is 0 Å². The molecule has 1 aromatic rings. The zero-order valence-corrected chi connectivity index (χ0v) is 13.3. The van der Waals surface area contributed by atoms with Gasteiger partial charge in [-0.1, -0.05) is 12.2 Å². The van der Waals surface area contributed by atoms with Gasteiger partial charge in [-0.15, -0.1) is 24.8 Å². The fourth-order valence-corrected chi connectivity index (χ4v) is 1.97. The zero-order valence-electron chi connectivity index (χ0n) is 11.6. The molecular weight excluding hydrogens is 301 g/mol. The van der Waals surface area contributed by atoms with Crippen LogP contribution in [0, 0.1) is 13.8 Å². The number of nitrogens with zero attached hydrogens (tertiary/aromatic N) is 3. The van der Waals surface area contributed by atoms with E-state index in [0.29, 0.717) is 6.54 Å². The van der Waals surface area contributed by atoms with Crippen LogP contribution < -0.4 is 10.6 Å².